The number of halogens is 1. The zero-order valence-corrected chi connectivity index (χ0v) is 29.6. The molecule has 4 rings (SSSR count). The third-order valence-electron chi connectivity index (χ3n) is 7.16. The Morgan fingerprint density at radius 1 is 1.02 bits per heavy atom. The lowest BCUT2D eigenvalue weighted by molar-refractivity contribution is 0.723. The minimum Gasteiger partial charge on any atom is -0.371 e. The fourth-order valence-electron chi connectivity index (χ4n) is 5.16. The van der Waals surface area contributed by atoms with Crippen LogP contribution in [0.3, 0.4) is 0 Å². The number of allylic oxidation sites excluding steroid dienone is 2. The van der Waals surface area contributed by atoms with Gasteiger partial charge in [0, 0.05) is 43.6 Å². The van der Waals surface area contributed by atoms with Gasteiger partial charge in [-0.25, -0.2) is 0 Å². The Kier molecular flexibility index (Phi) is 16.5. The highest BCUT2D eigenvalue weighted by Gasteiger charge is 2.13. The Hall–Kier alpha value is -4.24. The van der Waals surface area contributed by atoms with E-state index in [1.807, 2.05) is 52.0 Å². The Morgan fingerprint density at radius 3 is 2.33 bits per heavy atom. The van der Waals surface area contributed by atoms with Gasteiger partial charge in [0.25, 0.3) is 0 Å². The van der Waals surface area contributed by atoms with Crippen molar-refractivity contribution in [3.8, 4) is 12.3 Å². The number of fused-ring (bicyclic) bond motifs is 1. The van der Waals surface area contributed by atoms with Gasteiger partial charge < -0.3 is 20.9 Å². The predicted molar refractivity (Wildman–Crippen MR) is 206 cm³/mol. The summed E-state index contributed by atoms with van der Waals surface area (Å²) < 4.78 is 0. The molecule has 244 valence electrons. The second-order valence-electron chi connectivity index (χ2n) is 10.8. The Morgan fingerprint density at radius 2 is 1.72 bits per heavy atom. The lowest BCUT2D eigenvalue weighted by Gasteiger charge is -2.27. The summed E-state index contributed by atoms with van der Waals surface area (Å²) in [7, 11) is 0. The minimum absolute atomic E-state index is 0.653. The number of nitrogens with zero attached hydrogens (tertiary/aromatic N) is 2. The van der Waals surface area contributed by atoms with Crippen molar-refractivity contribution < 1.29 is 0 Å². The molecular weight excluding hydrogens is 586 g/mol. The molecule has 5 nitrogen and oxygen atoms in total. The fraction of sp³-hybridized carbons (Fsp3) is 0.325. The van der Waals surface area contributed by atoms with E-state index in [4.69, 9.17) is 18.0 Å². The zero-order chi connectivity index (χ0) is 34.1. The summed E-state index contributed by atoms with van der Waals surface area (Å²) in [6.07, 6.45) is 13.5. The van der Waals surface area contributed by atoms with Gasteiger partial charge in [-0.05, 0) is 97.8 Å². The van der Waals surface area contributed by atoms with Crippen molar-refractivity contribution in [3.63, 3.8) is 0 Å². The molecule has 0 saturated carbocycles. The van der Waals surface area contributed by atoms with Gasteiger partial charge in [0.1, 0.15) is 5.82 Å². The number of hydrogen-bond acceptors (Lipinski definition) is 5. The van der Waals surface area contributed by atoms with Gasteiger partial charge in [0.15, 0.2) is 0 Å². The van der Waals surface area contributed by atoms with E-state index in [0.29, 0.717) is 11.6 Å². The summed E-state index contributed by atoms with van der Waals surface area (Å²) in [6, 6.07) is 16.6. The molecule has 0 unspecified atom stereocenters. The first-order valence-electron chi connectivity index (χ1n) is 16.2. The van der Waals surface area contributed by atoms with Crippen molar-refractivity contribution >= 4 is 46.1 Å². The molecule has 3 N–H and O–H groups in total. The molecule has 46 heavy (non-hydrogen) atoms. The normalized spacial score (nSPS) is 11.7. The van der Waals surface area contributed by atoms with Crippen molar-refractivity contribution in [2.24, 2.45) is 4.99 Å². The van der Waals surface area contributed by atoms with E-state index in [1.54, 1.807) is 6.21 Å². The van der Waals surface area contributed by atoms with E-state index < -0.39 is 0 Å². The van der Waals surface area contributed by atoms with Crippen LogP contribution in [0.25, 0.3) is 5.57 Å². The van der Waals surface area contributed by atoms with Crippen LogP contribution < -0.4 is 20.9 Å². The third kappa shape index (κ3) is 11.0. The van der Waals surface area contributed by atoms with Gasteiger partial charge >= 0.3 is 0 Å². The summed E-state index contributed by atoms with van der Waals surface area (Å²) >= 11 is 6.52. The highest BCUT2D eigenvalue weighted by atomic mass is 35.5. The van der Waals surface area contributed by atoms with Crippen molar-refractivity contribution in [1.29, 1.82) is 0 Å². The number of terminal acetylenes is 1. The molecule has 1 aliphatic rings. The number of aliphatic imine (C=N–C) groups is 1. The highest BCUT2D eigenvalue weighted by molar-refractivity contribution is 6.33. The molecule has 0 bridgehead atoms. The zero-order valence-electron chi connectivity index (χ0n) is 28.9. The number of benzene rings is 3. The van der Waals surface area contributed by atoms with Crippen LogP contribution in [0, 0.1) is 26.2 Å². The van der Waals surface area contributed by atoms with Gasteiger partial charge in [0.05, 0.1) is 22.1 Å². The average Bonchev–Trinajstić information content (AvgIpc) is 3.42. The number of hydrogen-bond donors (Lipinski definition) is 3. The molecule has 0 radical (unpaired) electrons. The van der Waals surface area contributed by atoms with E-state index in [2.05, 4.69) is 102 Å². The van der Waals surface area contributed by atoms with Crippen LogP contribution in [0.5, 0.6) is 0 Å². The van der Waals surface area contributed by atoms with Crippen molar-refractivity contribution in [2.75, 3.05) is 35.2 Å². The molecule has 0 atom stereocenters. The highest BCUT2D eigenvalue weighted by Crippen LogP contribution is 2.33. The summed E-state index contributed by atoms with van der Waals surface area (Å²) in [5.41, 5.74) is 10.9. The maximum absolute atomic E-state index is 6.52. The first-order valence-corrected chi connectivity index (χ1v) is 16.6. The molecule has 0 fully saturated rings. The van der Waals surface area contributed by atoms with E-state index in [1.165, 1.54) is 16.8 Å². The number of aryl methyl sites for hydroxylation is 2. The summed E-state index contributed by atoms with van der Waals surface area (Å²) in [6.45, 7) is 25.6. The molecule has 1 aliphatic heterocycles. The van der Waals surface area contributed by atoms with Crippen LogP contribution in [0.1, 0.15) is 75.3 Å². The molecule has 0 aliphatic carbocycles. The molecule has 0 spiro atoms. The van der Waals surface area contributed by atoms with Crippen LogP contribution in [-0.2, 0) is 6.54 Å². The summed E-state index contributed by atoms with van der Waals surface area (Å²) in [4.78, 5) is 6.83. The smallest absolute Gasteiger partial charge is 0.100 e. The first-order chi connectivity index (χ1) is 22.2. The molecule has 3 aromatic rings. The second kappa shape index (κ2) is 20.0. The van der Waals surface area contributed by atoms with Gasteiger partial charge in [0.2, 0.25) is 0 Å². The topological polar surface area (TPSA) is 51.7 Å². The van der Waals surface area contributed by atoms with Gasteiger partial charge in [-0.1, -0.05) is 82.7 Å². The monoisotopic (exact) mass is 637 g/mol. The average molecular weight is 638 g/mol. The lowest BCUT2D eigenvalue weighted by atomic mass is 10.0. The van der Waals surface area contributed by atoms with Crippen LogP contribution in [0.2, 0.25) is 5.02 Å². The Labute approximate surface area is 283 Å². The third-order valence-corrected chi connectivity index (χ3v) is 7.45. The molecule has 0 amide bonds. The van der Waals surface area contributed by atoms with E-state index >= 15 is 0 Å². The minimum atomic E-state index is 0.653. The standard InChI is InChI=1S/C29H36ClN3.C9H10N2.C2H6/c1-7-12-24(26-17-22(6)29(32-11-5)27(30)19-26)20-31-21-25-14-13-23(10-4)18-28(25)33(15-8-2)16-9-3;1-6-3-4-8-9(5-6)11-7(2)10-8;1-2/h4,7,11-14,17-19,31H,1,8-9,15-16,20-21H2,2-3,5-6H3;3-5,10-11H,2H2,1H3;1-2H3/b24-12+,32-11?;;. The molecular formula is C40H52ClN5. The van der Waals surface area contributed by atoms with Gasteiger partial charge in [-0.15, -0.1) is 6.42 Å². The lowest BCUT2D eigenvalue weighted by Crippen LogP contribution is -2.27. The number of rotatable bonds is 12. The molecule has 0 aromatic heterocycles. The van der Waals surface area contributed by atoms with Crippen LogP contribution in [0.15, 0.2) is 84.7 Å². The number of anilines is 3. The molecule has 1 heterocycles. The summed E-state index contributed by atoms with van der Waals surface area (Å²) in [5.74, 6) is 3.63. The largest absolute Gasteiger partial charge is 0.371 e. The van der Waals surface area contributed by atoms with Gasteiger partial charge in [-0.3, -0.25) is 4.99 Å². The van der Waals surface area contributed by atoms with E-state index in [9.17, 15) is 0 Å². The van der Waals surface area contributed by atoms with E-state index in [0.717, 1.165) is 77.6 Å². The van der Waals surface area contributed by atoms with Crippen molar-refractivity contribution in [2.45, 2.75) is 67.9 Å². The van der Waals surface area contributed by atoms with Crippen LogP contribution >= 0.6 is 11.6 Å². The number of nitrogens with one attached hydrogen (secondary N) is 3. The van der Waals surface area contributed by atoms with Crippen molar-refractivity contribution in [3.05, 3.63) is 113 Å². The van der Waals surface area contributed by atoms with Crippen LogP contribution in [-0.4, -0.2) is 25.8 Å². The molecule has 3 aromatic carbocycles. The van der Waals surface area contributed by atoms with E-state index in [-0.39, 0.29) is 0 Å². The van der Waals surface area contributed by atoms with Crippen molar-refractivity contribution in [1.82, 2.24) is 5.32 Å². The SMILES string of the molecule is C#Cc1ccc(CNC/C(=C\C=C)c2cc(C)c(N=CC)c(Cl)c2)c(N(CCC)CCC)c1.C=C1Nc2ccc(C)cc2N1.CC. The molecule has 6 heteroatoms. The maximum Gasteiger partial charge on any atom is 0.100 e. The van der Waals surface area contributed by atoms with Crippen LogP contribution in [0.4, 0.5) is 22.7 Å². The quantitative estimate of drug-likeness (QED) is 0.105. The Balaban J connectivity index is 0.000000467. The molecule has 0 saturated heterocycles. The maximum atomic E-state index is 6.52. The first kappa shape index (κ1) is 37.9. The fourth-order valence-corrected chi connectivity index (χ4v) is 5.48. The summed E-state index contributed by atoms with van der Waals surface area (Å²) in [5, 5.41) is 10.5. The Bertz CT molecular complexity index is 1530. The predicted octanol–water partition coefficient (Wildman–Crippen LogP) is 10.7. The second-order valence-corrected chi connectivity index (χ2v) is 11.2. The van der Waals surface area contributed by atoms with Gasteiger partial charge in [-0.2, -0.15) is 0 Å².